The van der Waals surface area contributed by atoms with Crippen LogP contribution in [0, 0.1) is 5.41 Å². The molecule has 0 radical (unpaired) electrons. The van der Waals surface area contributed by atoms with E-state index < -0.39 is 6.04 Å². The van der Waals surface area contributed by atoms with Crippen molar-refractivity contribution in [1.82, 2.24) is 10.1 Å². The van der Waals surface area contributed by atoms with E-state index in [1.807, 2.05) is 0 Å². The smallest absolute Gasteiger partial charge is 0.227 e. The van der Waals surface area contributed by atoms with Gasteiger partial charge in [-0.25, -0.2) is 0 Å². The molecule has 1 atom stereocenters. The van der Waals surface area contributed by atoms with E-state index in [1.165, 1.54) is 0 Å². The molecule has 5 heteroatoms. The van der Waals surface area contributed by atoms with Crippen LogP contribution in [-0.4, -0.2) is 21.9 Å². The fourth-order valence-electron chi connectivity index (χ4n) is 1.03. The third-order valence-electron chi connectivity index (χ3n) is 1.69. The molecule has 3 N–H and O–H groups in total. The molecule has 0 aliphatic carbocycles. The van der Waals surface area contributed by atoms with Crippen molar-refractivity contribution in [2.75, 3.05) is 6.61 Å². The predicted octanol–water partition coefficient (Wildman–Crippen LogP) is 0.650. The quantitative estimate of drug-likeness (QED) is 0.746. The number of hydrogen-bond donors (Lipinski definition) is 2. The lowest BCUT2D eigenvalue weighted by atomic mass is 9.92. The van der Waals surface area contributed by atoms with Gasteiger partial charge >= 0.3 is 0 Å². The average molecular weight is 199 g/mol. The van der Waals surface area contributed by atoms with E-state index in [0.717, 1.165) is 0 Å². The first-order valence-corrected chi connectivity index (χ1v) is 4.61. The predicted molar refractivity (Wildman–Crippen MR) is 51.5 cm³/mol. The Morgan fingerprint density at radius 1 is 1.50 bits per heavy atom. The maximum atomic E-state index is 8.78. The van der Waals surface area contributed by atoms with Crippen LogP contribution in [0.2, 0.25) is 0 Å². The average Bonchev–Trinajstić information content (AvgIpc) is 2.48. The number of aromatic nitrogens is 2. The number of aliphatic hydroxyl groups is 1. The topological polar surface area (TPSA) is 85.2 Å². The van der Waals surface area contributed by atoms with Crippen molar-refractivity contribution in [3.63, 3.8) is 0 Å². The van der Waals surface area contributed by atoms with Crippen molar-refractivity contribution >= 4 is 0 Å². The highest BCUT2D eigenvalue weighted by atomic mass is 16.5. The van der Waals surface area contributed by atoms with E-state index >= 15 is 0 Å². The van der Waals surface area contributed by atoms with Crippen LogP contribution in [0.1, 0.15) is 38.5 Å². The molecule has 0 saturated heterocycles. The molecule has 0 spiro atoms. The van der Waals surface area contributed by atoms with Crippen molar-refractivity contribution in [2.45, 2.75) is 33.2 Å². The van der Waals surface area contributed by atoms with E-state index in [9.17, 15) is 0 Å². The molecule has 0 aromatic carbocycles. The number of nitrogens with two attached hydrogens (primary N) is 1. The van der Waals surface area contributed by atoms with Gasteiger partial charge in [0.2, 0.25) is 5.89 Å². The summed E-state index contributed by atoms with van der Waals surface area (Å²) in [5.41, 5.74) is 5.64. The normalized spacial score (nSPS) is 14.4. The van der Waals surface area contributed by atoms with Crippen LogP contribution >= 0.6 is 0 Å². The molecule has 14 heavy (non-hydrogen) atoms. The maximum absolute atomic E-state index is 8.78. The second-order valence-electron chi connectivity index (χ2n) is 4.57. The molecule has 1 aromatic heterocycles. The standard InChI is InChI=1S/C9H17N3O2/c1-9(2,3)4-7-11-8(12-14-7)6(10)5-13/h6,13H,4-5,10H2,1-3H3. The van der Waals surface area contributed by atoms with Gasteiger partial charge in [0.1, 0.15) is 0 Å². The number of nitrogens with zero attached hydrogens (tertiary/aromatic N) is 2. The first kappa shape index (κ1) is 11.1. The monoisotopic (exact) mass is 199 g/mol. The Labute approximate surface area is 83.3 Å². The fourth-order valence-corrected chi connectivity index (χ4v) is 1.03. The Hall–Kier alpha value is -0.940. The van der Waals surface area contributed by atoms with Crippen LogP contribution in [0.4, 0.5) is 0 Å². The van der Waals surface area contributed by atoms with Crippen molar-refractivity contribution in [1.29, 1.82) is 0 Å². The van der Waals surface area contributed by atoms with Crippen LogP contribution in [0.3, 0.4) is 0 Å². The first-order valence-electron chi connectivity index (χ1n) is 4.61. The second-order valence-corrected chi connectivity index (χ2v) is 4.57. The van der Waals surface area contributed by atoms with Crippen molar-refractivity contribution < 1.29 is 9.63 Å². The highest BCUT2D eigenvalue weighted by Gasteiger charge is 2.18. The fraction of sp³-hybridized carbons (Fsp3) is 0.778. The Morgan fingerprint density at radius 3 is 2.64 bits per heavy atom. The van der Waals surface area contributed by atoms with Gasteiger partial charge in [0.25, 0.3) is 0 Å². The van der Waals surface area contributed by atoms with Crippen LogP contribution in [0.15, 0.2) is 4.52 Å². The molecule has 1 aromatic rings. The minimum absolute atomic E-state index is 0.104. The summed E-state index contributed by atoms with van der Waals surface area (Å²) in [5.74, 6) is 0.933. The minimum atomic E-state index is -0.549. The van der Waals surface area contributed by atoms with Gasteiger partial charge in [-0.15, -0.1) is 0 Å². The van der Waals surface area contributed by atoms with Crippen LogP contribution in [0.25, 0.3) is 0 Å². The summed E-state index contributed by atoms with van der Waals surface area (Å²) in [7, 11) is 0. The maximum Gasteiger partial charge on any atom is 0.227 e. The summed E-state index contributed by atoms with van der Waals surface area (Å²) in [6, 6.07) is -0.549. The Bertz CT molecular complexity index is 290. The summed E-state index contributed by atoms with van der Waals surface area (Å²) < 4.78 is 5.01. The molecule has 0 amide bonds. The van der Waals surface area contributed by atoms with E-state index in [2.05, 4.69) is 30.9 Å². The lowest BCUT2D eigenvalue weighted by Crippen LogP contribution is -2.16. The molecule has 1 unspecified atom stereocenters. The molecule has 0 bridgehead atoms. The first-order chi connectivity index (χ1) is 6.42. The van der Waals surface area contributed by atoms with Gasteiger partial charge in [-0.1, -0.05) is 25.9 Å². The van der Waals surface area contributed by atoms with Crippen LogP contribution < -0.4 is 5.73 Å². The highest BCUT2D eigenvalue weighted by Crippen LogP contribution is 2.19. The third kappa shape index (κ3) is 3.08. The lowest BCUT2D eigenvalue weighted by molar-refractivity contribution is 0.258. The van der Waals surface area contributed by atoms with E-state index in [-0.39, 0.29) is 12.0 Å². The molecule has 0 saturated carbocycles. The van der Waals surface area contributed by atoms with E-state index in [1.54, 1.807) is 0 Å². The molecule has 1 heterocycles. The molecule has 0 fully saturated rings. The molecule has 0 aliphatic heterocycles. The van der Waals surface area contributed by atoms with Gasteiger partial charge in [-0.3, -0.25) is 0 Å². The molecule has 5 nitrogen and oxygen atoms in total. The number of rotatable bonds is 3. The third-order valence-corrected chi connectivity index (χ3v) is 1.69. The van der Waals surface area contributed by atoms with Gasteiger partial charge < -0.3 is 15.4 Å². The molecule has 0 aliphatic rings. The summed E-state index contributed by atoms with van der Waals surface area (Å²) >= 11 is 0. The Kier molecular flexibility index (Phi) is 3.23. The largest absolute Gasteiger partial charge is 0.394 e. The van der Waals surface area contributed by atoms with E-state index in [4.69, 9.17) is 15.4 Å². The summed E-state index contributed by atoms with van der Waals surface area (Å²) in [4.78, 5) is 4.10. The van der Waals surface area contributed by atoms with Gasteiger partial charge in [0, 0.05) is 6.42 Å². The zero-order chi connectivity index (χ0) is 10.8. The molecular formula is C9H17N3O2. The zero-order valence-electron chi connectivity index (χ0n) is 8.82. The Balaban J connectivity index is 2.69. The van der Waals surface area contributed by atoms with Crippen molar-refractivity contribution in [2.24, 2.45) is 11.1 Å². The van der Waals surface area contributed by atoms with Crippen LogP contribution in [-0.2, 0) is 6.42 Å². The lowest BCUT2D eigenvalue weighted by Gasteiger charge is -2.13. The molecular weight excluding hydrogens is 182 g/mol. The van der Waals surface area contributed by atoms with Crippen molar-refractivity contribution in [3.8, 4) is 0 Å². The van der Waals surface area contributed by atoms with Gasteiger partial charge in [0.05, 0.1) is 12.6 Å². The molecule has 80 valence electrons. The highest BCUT2D eigenvalue weighted by molar-refractivity contribution is 4.94. The SMILES string of the molecule is CC(C)(C)Cc1nc(C(N)CO)no1. The van der Waals surface area contributed by atoms with Crippen LogP contribution in [0.5, 0.6) is 0 Å². The Morgan fingerprint density at radius 2 is 2.14 bits per heavy atom. The minimum Gasteiger partial charge on any atom is -0.394 e. The second kappa shape index (κ2) is 4.06. The summed E-state index contributed by atoms with van der Waals surface area (Å²) in [6.45, 7) is 6.09. The van der Waals surface area contributed by atoms with Gasteiger partial charge in [-0.05, 0) is 5.41 Å². The molecule has 1 rings (SSSR count). The van der Waals surface area contributed by atoms with E-state index in [0.29, 0.717) is 18.1 Å². The van der Waals surface area contributed by atoms with Crippen molar-refractivity contribution in [3.05, 3.63) is 11.7 Å². The number of aliphatic hydroxyl groups excluding tert-OH is 1. The number of hydrogen-bond acceptors (Lipinski definition) is 5. The van der Waals surface area contributed by atoms with Gasteiger partial charge in [-0.2, -0.15) is 4.98 Å². The van der Waals surface area contributed by atoms with Gasteiger partial charge in [0.15, 0.2) is 5.82 Å². The summed E-state index contributed by atoms with van der Waals surface area (Å²) in [6.07, 6.45) is 0.706. The zero-order valence-corrected chi connectivity index (χ0v) is 8.82. The summed E-state index contributed by atoms with van der Waals surface area (Å²) in [5, 5.41) is 12.5.